The van der Waals surface area contributed by atoms with E-state index in [9.17, 15) is 0 Å². The summed E-state index contributed by atoms with van der Waals surface area (Å²) in [4.78, 5) is 1.38. The van der Waals surface area contributed by atoms with Gasteiger partial charge in [-0.25, -0.2) is 0 Å². The van der Waals surface area contributed by atoms with Crippen molar-refractivity contribution in [1.82, 2.24) is 14.1 Å². The molecule has 0 aliphatic carbocycles. The van der Waals surface area contributed by atoms with Crippen LogP contribution in [-0.4, -0.2) is 21.3 Å². The SMILES string of the molecule is CC1NCCC=C1c1nsnc1SCc1cccs1. The fourth-order valence-corrected chi connectivity index (χ4v) is 4.56. The maximum atomic E-state index is 4.50. The van der Waals surface area contributed by atoms with E-state index in [1.807, 2.05) is 0 Å². The molecule has 100 valence electrons. The van der Waals surface area contributed by atoms with Gasteiger partial charge < -0.3 is 5.32 Å². The van der Waals surface area contributed by atoms with Gasteiger partial charge in [-0.2, -0.15) is 8.75 Å². The first-order chi connectivity index (χ1) is 9.34. The molecule has 3 heterocycles. The second kappa shape index (κ2) is 6.17. The van der Waals surface area contributed by atoms with Gasteiger partial charge in [0.25, 0.3) is 0 Å². The Morgan fingerprint density at radius 1 is 1.47 bits per heavy atom. The zero-order valence-electron chi connectivity index (χ0n) is 10.6. The molecule has 0 aromatic carbocycles. The van der Waals surface area contributed by atoms with E-state index in [1.165, 1.54) is 22.2 Å². The van der Waals surface area contributed by atoms with Crippen LogP contribution in [0.15, 0.2) is 28.6 Å². The van der Waals surface area contributed by atoms with Crippen molar-refractivity contribution in [2.24, 2.45) is 0 Å². The molecule has 0 saturated heterocycles. The van der Waals surface area contributed by atoms with Gasteiger partial charge >= 0.3 is 0 Å². The van der Waals surface area contributed by atoms with Gasteiger partial charge in [-0.05, 0) is 36.9 Å². The van der Waals surface area contributed by atoms with Crippen molar-refractivity contribution in [2.45, 2.75) is 30.2 Å². The lowest BCUT2D eigenvalue weighted by Crippen LogP contribution is -2.31. The van der Waals surface area contributed by atoms with Gasteiger partial charge in [0.05, 0.1) is 11.7 Å². The number of hydrogen-bond donors (Lipinski definition) is 1. The molecule has 1 atom stereocenters. The summed E-state index contributed by atoms with van der Waals surface area (Å²) in [5.41, 5.74) is 2.37. The molecule has 0 amide bonds. The monoisotopic (exact) mass is 309 g/mol. The molecule has 0 saturated carbocycles. The molecule has 3 rings (SSSR count). The van der Waals surface area contributed by atoms with Crippen LogP contribution in [0.2, 0.25) is 0 Å². The summed E-state index contributed by atoms with van der Waals surface area (Å²) >= 11 is 4.89. The average molecular weight is 309 g/mol. The summed E-state index contributed by atoms with van der Waals surface area (Å²) in [6, 6.07) is 4.64. The zero-order valence-corrected chi connectivity index (χ0v) is 13.1. The molecule has 1 aliphatic heterocycles. The highest BCUT2D eigenvalue weighted by molar-refractivity contribution is 7.98. The Balaban J connectivity index is 1.76. The van der Waals surface area contributed by atoms with Gasteiger partial charge in [0.15, 0.2) is 0 Å². The van der Waals surface area contributed by atoms with Gasteiger partial charge in [-0.3, -0.25) is 0 Å². The standard InChI is InChI=1S/C13H15N3S3/c1-9-11(5-2-6-14-9)12-13(16-19-15-12)18-8-10-4-3-7-17-10/h3-5,7,9,14H,2,6,8H2,1H3. The number of nitrogens with zero attached hydrogens (tertiary/aromatic N) is 2. The largest absolute Gasteiger partial charge is 0.310 e. The van der Waals surface area contributed by atoms with E-state index in [2.05, 4.69) is 44.6 Å². The van der Waals surface area contributed by atoms with E-state index in [1.54, 1.807) is 23.1 Å². The van der Waals surface area contributed by atoms with Crippen LogP contribution in [0.25, 0.3) is 5.57 Å². The third kappa shape index (κ3) is 3.08. The fourth-order valence-electron chi connectivity index (χ4n) is 2.10. The van der Waals surface area contributed by atoms with Crippen LogP contribution >= 0.6 is 34.8 Å². The Morgan fingerprint density at radius 3 is 3.21 bits per heavy atom. The molecule has 0 fully saturated rings. The lowest BCUT2D eigenvalue weighted by Gasteiger charge is -2.21. The Kier molecular flexibility index (Phi) is 4.32. The lowest BCUT2D eigenvalue weighted by atomic mass is 10.0. The van der Waals surface area contributed by atoms with Crippen molar-refractivity contribution >= 4 is 40.4 Å². The number of nitrogens with one attached hydrogen (secondary N) is 1. The smallest absolute Gasteiger partial charge is 0.138 e. The highest BCUT2D eigenvalue weighted by Crippen LogP contribution is 2.32. The first-order valence-electron chi connectivity index (χ1n) is 6.26. The predicted molar refractivity (Wildman–Crippen MR) is 83.8 cm³/mol. The third-order valence-electron chi connectivity index (χ3n) is 3.09. The molecule has 3 nitrogen and oxygen atoms in total. The van der Waals surface area contributed by atoms with Crippen LogP contribution in [0.1, 0.15) is 23.9 Å². The van der Waals surface area contributed by atoms with Crippen molar-refractivity contribution < 1.29 is 0 Å². The zero-order chi connectivity index (χ0) is 13.1. The summed E-state index contributed by atoms with van der Waals surface area (Å²) < 4.78 is 8.95. The molecule has 1 N–H and O–H groups in total. The number of hydrogen-bond acceptors (Lipinski definition) is 6. The normalized spacial score (nSPS) is 19.4. The van der Waals surface area contributed by atoms with E-state index in [-0.39, 0.29) is 0 Å². The van der Waals surface area contributed by atoms with E-state index in [4.69, 9.17) is 0 Å². The van der Waals surface area contributed by atoms with Gasteiger partial charge in [0.1, 0.15) is 10.7 Å². The molecule has 1 unspecified atom stereocenters. The lowest BCUT2D eigenvalue weighted by molar-refractivity contribution is 0.624. The molecule has 0 spiro atoms. The molecule has 2 aromatic rings. The van der Waals surface area contributed by atoms with Crippen molar-refractivity contribution in [3.05, 3.63) is 34.2 Å². The summed E-state index contributed by atoms with van der Waals surface area (Å²) in [7, 11) is 0. The Morgan fingerprint density at radius 2 is 2.42 bits per heavy atom. The quantitative estimate of drug-likeness (QED) is 0.875. The first kappa shape index (κ1) is 13.3. The molecular weight excluding hydrogens is 294 g/mol. The fraction of sp³-hybridized carbons (Fsp3) is 0.385. The van der Waals surface area contributed by atoms with Crippen LogP contribution in [0, 0.1) is 0 Å². The number of rotatable bonds is 4. The maximum absolute atomic E-state index is 4.50. The van der Waals surface area contributed by atoms with Crippen molar-refractivity contribution in [2.75, 3.05) is 6.54 Å². The Labute approximate surface area is 125 Å². The second-order valence-electron chi connectivity index (χ2n) is 4.41. The minimum absolute atomic E-state index is 0.374. The van der Waals surface area contributed by atoms with Crippen LogP contribution in [-0.2, 0) is 5.75 Å². The van der Waals surface area contributed by atoms with Crippen molar-refractivity contribution in [1.29, 1.82) is 0 Å². The van der Waals surface area contributed by atoms with E-state index < -0.39 is 0 Å². The molecule has 19 heavy (non-hydrogen) atoms. The van der Waals surface area contributed by atoms with Crippen LogP contribution in [0.5, 0.6) is 0 Å². The highest BCUT2D eigenvalue weighted by atomic mass is 32.2. The number of aromatic nitrogens is 2. The summed E-state index contributed by atoms with van der Waals surface area (Å²) in [6.45, 7) is 3.25. The minimum Gasteiger partial charge on any atom is -0.310 e. The van der Waals surface area contributed by atoms with Gasteiger partial charge in [0, 0.05) is 16.7 Å². The maximum Gasteiger partial charge on any atom is 0.138 e. The Hall–Kier alpha value is -0.690. The van der Waals surface area contributed by atoms with E-state index in [0.29, 0.717) is 6.04 Å². The van der Waals surface area contributed by atoms with Gasteiger partial charge in [-0.1, -0.05) is 23.9 Å². The molecule has 0 bridgehead atoms. The number of thioether (sulfide) groups is 1. The van der Waals surface area contributed by atoms with Crippen LogP contribution in [0.4, 0.5) is 0 Å². The predicted octanol–water partition coefficient (Wildman–Crippen LogP) is 3.66. The summed E-state index contributed by atoms with van der Waals surface area (Å²) in [5.74, 6) is 0.977. The number of thiophene rings is 1. The van der Waals surface area contributed by atoms with Crippen molar-refractivity contribution in [3.63, 3.8) is 0 Å². The third-order valence-corrected chi connectivity index (χ3v) is 5.81. The van der Waals surface area contributed by atoms with Crippen LogP contribution < -0.4 is 5.32 Å². The van der Waals surface area contributed by atoms with Gasteiger partial charge in [-0.15, -0.1) is 11.3 Å². The van der Waals surface area contributed by atoms with Crippen molar-refractivity contribution in [3.8, 4) is 0 Å². The molecule has 6 heteroatoms. The average Bonchev–Trinajstić information content (AvgIpc) is 3.08. The molecule has 1 aliphatic rings. The topological polar surface area (TPSA) is 37.8 Å². The minimum atomic E-state index is 0.374. The van der Waals surface area contributed by atoms with Crippen LogP contribution in [0.3, 0.4) is 0 Å². The summed E-state index contributed by atoms with van der Waals surface area (Å²) in [6.07, 6.45) is 3.37. The molecular formula is C13H15N3S3. The van der Waals surface area contributed by atoms with E-state index in [0.717, 1.165) is 29.4 Å². The molecule has 0 radical (unpaired) electrons. The van der Waals surface area contributed by atoms with E-state index >= 15 is 0 Å². The highest BCUT2D eigenvalue weighted by Gasteiger charge is 2.20. The van der Waals surface area contributed by atoms with Gasteiger partial charge in [0.2, 0.25) is 0 Å². The first-order valence-corrected chi connectivity index (χ1v) is 8.85. The summed E-state index contributed by atoms with van der Waals surface area (Å²) in [5, 5.41) is 6.67. The second-order valence-corrected chi connectivity index (χ2v) is 6.93. The Bertz CT molecular complexity index is 559. The molecule has 2 aromatic heterocycles.